The minimum atomic E-state index is -0.618. The van der Waals surface area contributed by atoms with Crippen molar-refractivity contribution in [2.24, 2.45) is 0 Å². The summed E-state index contributed by atoms with van der Waals surface area (Å²) >= 11 is 0. The minimum Gasteiger partial charge on any atom is -0.491 e. The Balaban J connectivity index is 3.26. The third-order valence-corrected chi connectivity index (χ3v) is 1.69. The second-order valence-electron chi connectivity index (χ2n) is 2.61. The van der Waals surface area contributed by atoms with Gasteiger partial charge in [0.05, 0.1) is 11.5 Å². The SMILES string of the molecule is CCOc1ccc(N)c([N+](=O)[O-])c1N. The van der Waals surface area contributed by atoms with Crippen LogP contribution in [0, 0.1) is 10.1 Å². The Kier molecular flexibility index (Phi) is 2.76. The number of hydrogen-bond donors (Lipinski definition) is 2. The Labute approximate surface area is 80.6 Å². The van der Waals surface area contributed by atoms with Crippen LogP contribution in [-0.2, 0) is 0 Å². The van der Waals surface area contributed by atoms with Crippen molar-refractivity contribution < 1.29 is 9.66 Å². The van der Waals surface area contributed by atoms with E-state index in [0.717, 1.165) is 0 Å². The lowest BCUT2D eigenvalue weighted by Crippen LogP contribution is -2.03. The molecule has 0 bridgehead atoms. The molecule has 0 aromatic heterocycles. The summed E-state index contributed by atoms with van der Waals surface area (Å²) in [6, 6.07) is 2.92. The molecule has 0 aliphatic rings. The summed E-state index contributed by atoms with van der Waals surface area (Å²) in [4.78, 5) is 9.97. The highest BCUT2D eigenvalue weighted by molar-refractivity contribution is 5.77. The van der Waals surface area contributed by atoms with Crippen molar-refractivity contribution >= 4 is 17.1 Å². The molecule has 0 atom stereocenters. The topological polar surface area (TPSA) is 104 Å². The van der Waals surface area contributed by atoms with Crippen LogP contribution in [0.5, 0.6) is 5.75 Å². The van der Waals surface area contributed by atoms with Crippen LogP contribution in [-0.4, -0.2) is 11.5 Å². The summed E-state index contributed by atoms with van der Waals surface area (Å²) in [5.74, 6) is 0.286. The van der Waals surface area contributed by atoms with Gasteiger partial charge in [0.2, 0.25) is 0 Å². The number of nitro groups is 1. The van der Waals surface area contributed by atoms with E-state index < -0.39 is 4.92 Å². The van der Waals surface area contributed by atoms with Crippen LogP contribution in [0.3, 0.4) is 0 Å². The highest BCUT2D eigenvalue weighted by atomic mass is 16.6. The molecule has 0 saturated heterocycles. The lowest BCUT2D eigenvalue weighted by Gasteiger charge is -2.07. The van der Waals surface area contributed by atoms with E-state index in [9.17, 15) is 10.1 Å². The molecule has 1 aromatic rings. The van der Waals surface area contributed by atoms with Crippen molar-refractivity contribution in [3.05, 3.63) is 22.2 Å². The van der Waals surface area contributed by atoms with Gasteiger partial charge in [-0.25, -0.2) is 0 Å². The summed E-state index contributed by atoms with van der Waals surface area (Å²) in [7, 11) is 0. The average Bonchev–Trinajstić information content (AvgIpc) is 2.10. The fraction of sp³-hybridized carbons (Fsp3) is 0.250. The number of nitrogens with zero attached hydrogens (tertiary/aromatic N) is 1. The van der Waals surface area contributed by atoms with E-state index in [4.69, 9.17) is 16.2 Å². The maximum atomic E-state index is 10.6. The third-order valence-electron chi connectivity index (χ3n) is 1.69. The van der Waals surface area contributed by atoms with Crippen molar-refractivity contribution in [2.45, 2.75) is 6.92 Å². The minimum absolute atomic E-state index is 0.0307. The molecule has 14 heavy (non-hydrogen) atoms. The molecule has 76 valence electrons. The predicted molar refractivity (Wildman–Crippen MR) is 53.1 cm³/mol. The molecule has 0 aliphatic carbocycles. The molecule has 1 rings (SSSR count). The van der Waals surface area contributed by atoms with Crippen LogP contribution in [0.1, 0.15) is 6.92 Å². The zero-order chi connectivity index (χ0) is 10.7. The molecule has 0 heterocycles. The molecular formula is C8H11N3O3. The molecule has 0 aliphatic heterocycles. The standard InChI is InChI=1S/C8H11N3O3/c1-2-14-6-4-3-5(9)8(7(6)10)11(12)13/h3-4H,2,9-10H2,1H3. The van der Waals surface area contributed by atoms with Crippen molar-refractivity contribution in [3.8, 4) is 5.75 Å². The smallest absolute Gasteiger partial charge is 0.318 e. The first-order chi connectivity index (χ1) is 6.57. The van der Waals surface area contributed by atoms with Gasteiger partial charge in [-0.1, -0.05) is 0 Å². The molecule has 0 saturated carbocycles. The molecule has 0 amide bonds. The second kappa shape index (κ2) is 3.82. The van der Waals surface area contributed by atoms with Crippen molar-refractivity contribution in [1.82, 2.24) is 0 Å². The van der Waals surface area contributed by atoms with Gasteiger partial charge >= 0.3 is 5.69 Å². The highest BCUT2D eigenvalue weighted by Gasteiger charge is 2.19. The number of anilines is 2. The third kappa shape index (κ3) is 1.68. The van der Waals surface area contributed by atoms with Crippen molar-refractivity contribution in [1.29, 1.82) is 0 Å². The van der Waals surface area contributed by atoms with E-state index in [1.165, 1.54) is 12.1 Å². The van der Waals surface area contributed by atoms with E-state index >= 15 is 0 Å². The van der Waals surface area contributed by atoms with Crippen LogP contribution in [0.25, 0.3) is 0 Å². The van der Waals surface area contributed by atoms with E-state index in [1.54, 1.807) is 6.92 Å². The van der Waals surface area contributed by atoms with Gasteiger partial charge in [0, 0.05) is 0 Å². The normalized spacial score (nSPS) is 9.79. The number of nitrogen functional groups attached to an aromatic ring is 2. The monoisotopic (exact) mass is 197 g/mol. The number of benzene rings is 1. The Morgan fingerprint density at radius 1 is 1.50 bits per heavy atom. The first-order valence-electron chi connectivity index (χ1n) is 4.03. The van der Waals surface area contributed by atoms with Gasteiger partial charge in [-0.3, -0.25) is 10.1 Å². The largest absolute Gasteiger partial charge is 0.491 e. The van der Waals surface area contributed by atoms with Gasteiger partial charge in [-0.05, 0) is 19.1 Å². The van der Waals surface area contributed by atoms with Gasteiger partial charge in [0.25, 0.3) is 0 Å². The maximum Gasteiger partial charge on any atom is 0.318 e. The Hall–Kier alpha value is -1.98. The Bertz CT molecular complexity index is 365. The van der Waals surface area contributed by atoms with Crippen LogP contribution >= 0.6 is 0 Å². The van der Waals surface area contributed by atoms with E-state index in [-0.39, 0.29) is 22.8 Å². The molecule has 0 radical (unpaired) electrons. The number of nitro benzene ring substituents is 1. The summed E-state index contributed by atoms with van der Waals surface area (Å²) in [6.07, 6.45) is 0. The molecule has 1 aromatic carbocycles. The second-order valence-corrected chi connectivity index (χ2v) is 2.61. The van der Waals surface area contributed by atoms with E-state index in [0.29, 0.717) is 6.61 Å². The molecule has 0 spiro atoms. The molecule has 4 N–H and O–H groups in total. The lowest BCUT2D eigenvalue weighted by molar-refractivity contribution is -0.383. The Morgan fingerprint density at radius 3 is 2.64 bits per heavy atom. The fourth-order valence-electron chi connectivity index (χ4n) is 1.09. The lowest BCUT2D eigenvalue weighted by atomic mass is 10.2. The quantitative estimate of drug-likeness (QED) is 0.429. The fourth-order valence-corrected chi connectivity index (χ4v) is 1.09. The molecule has 0 fully saturated rings. The molecular weight excluding hydrogens is 186 g/mol. The number of hydrogen-bond acceptors (Lipinski definition) is 5. The van der Waals surface area contributed by atoms with Gasteiger partial charge in [0.15, 0.2) is 5.69 Å². The zero-order valence-corrected chi connectivity index (χ0v) is 7.69. The van der Waals surface area contributed by atoms with Gasteiger partial charge in [-0.15, -0.1) is 0 Å². The molecule has 6 heteroatoms. The van der Waals surface area contributed by atoms with Gasteiger partial charge in [0.1, 0.15) is 11.4 Å². The van der Waals surface area contributed by atoms with Gasteiger partial charge < -0.3 is 16.2 Å². The number of rotatable bonds is 3. The first-order valence-corrected chi connectivity index (χ1v) is 4.03. The number of nitrogens with two attached hydrogens (primary N) is 2. The van der Waals surface area contributed by atoms with Crippen LogP contribution in [0.4, 0.5) is 17.1 Å². The average molecular weight is 197 g/mol. The number of ether oxygens (including phenoxy) is 1. The van der Waals surface area contributed by atoms with E-state index in [1.807, 2.05) is 0 Å². The summed E-state index contributed by atoms with van der Waals surface area (Å²) in [5.41, 5.74) is 10.6. The van der Waals surface area contributed by atoms with Crippen molar-refractivity contribution in [3.63, 3.8) is 0 Å². The van der Waals surface area contributed by atoms with E-state index in [2.05, 4.69) is 0 Å². The maximum absolute atomic E-state index is 10.6. The molecule has 6 nitrogen and oxygen atoms in total. The predicted octanol–water partition coefficient (Wildman–Crippen LogP) is 1.16. The van der Waals surface area contributed by atoms with Crippen LogP contribution < -0.4 is 16.2 Å². The van der Waals surface area contributed by atoms with Gasteiger partial charge in [-0.2, -0.15) is 0 Å². The summed E-state index contributed by atoms with van der Waals surface area (Å²) in [6.45, 7) is 2.16. The highest BCUT2D eigenvalue weighted by Crippen LogP contribution is 2.36. The summed E-state index contributed by atoms with van der Waals surface area (Å²) < 4.78 is 5.10. The van der Waals surface area contributed by atoms with Crippen LogP contribution in [0.15, 0.2) is 12.1 Å². The zero-order valence-electron chi connectivity index (χ0n) is 7.69. The summed E-state index contributed by atoms with van der Waals surface area (Å²) in [5, 5.41) is 10.6. The van der Waals surface area contributed by atoms with Crippen molar-refractivity contribution in [2.75, 3.05) is 18.1 Å². The first kappa shape index (κ1) is 10.1. The molecule has 0 unspecified atom stereocenters. The van der Waals surface area contributed by atoms with Crippen LogP contribution in [0.2, 0.25) is 0 Å². The Morgan fingerprint density at radius 2 is 2.14 bits per heavy atom.